The number of halogens is 2. The molecule has 0 aliphatic rings. The lowest BCUT2D eigenvalue weighted by Crippen LogP contribution is -2.44. The number of nitrogens with one attached hydrogen (secondary N) is 3. The lowest BCUT2D eigenvalue weighted by molar-refractivity contribution is 0.231. The van der Waals surface area contributed by atoms with E-state index in [4.69, 9.17) is 22.1 Å². The van der Waals surface area contributed by atoms with Crippen LogP contribution in [0.1, 0.15) is 19.4 Å². The van der Waals surface area contributed by atoms with Crippen molar-refractivity contribution in [2.75, 3.05) is 18.4 Å². The van der Waals surface area contributed by atoms with Gasteiger partial charge in [0, 0.05) is 29.9 Å². The molecule has 156 valence electrons. The molecule has 2 aromatic carbocycles. The van der Waals surface area contributed by atoms with Crippen molar-refractivity contribution in [3.05, 3.63) is 58.9 Å². The summed E-state index contributed by atoms with van der Waals surface area (Å²) in [4.78, 5) is 16.4. The molecule has 2 aromatic rings. The number of urea groups is 1. The van der Waals surface area contributed by atoms with Crippen molar-refractivity contribution in [2.24, 2.45) is 10.7 Å². The van der Waals surface area contributed by atoms with Crippen molar-refractivity contribution in [3.8, 4) is 5.75 Å². The van der Waals surface area contributed by atoms with Gasteiger partial charge in [0.2, 0.25) is 5.96 Å². The molecular weight excluding hydrogens is 397 g/mol. The number of rotatable bonds is 7. The standard InChI is InChI=1S/C20H25ClFN5O2/c1-13(2)29-18-8-7-16(11-17(18)22)26-19(27-20(28)24-10-9-23)25-12-14-3-5-15(21)6-4-14/h3-8,11,13H,9-10,12,23H2,1-2H3,(H3,24,25,26,27,28). The lowest BCUT2D eigenvalue weighted by Gasteiger charge is -2.14. The molecule has 29 heavy (non-hydrogen) atoms. The number of carbonyl (C=O) groups excluding carboxylic acids is 1. The molecule has 0 saturated heterocycles. The molecule has 0 spiro atoms. The Morgan fingerprint density at radius 3 is 2.59 bits per heavy atom. The number of benzene rings is 2. The van der Waals surface area contributed by atoms with Crippen LogP contribution in [0.2, 0.25) is 5.02 Å². The van der Waals surface area contributed by atoms with Gasteiger partial charge in [0.25, 0.3) is 0 Å². The lowest BCUT2D eigenvalue weighted by atomic mass is 10.2. The van der Waals surface area contributed by atoms with Crippen LogP contribution in [0.5, 0.6) is 5.75 Å². The number of aliphatic imine (C=N–C) groups is 1. The number of hydrogen-bond donors (Lipinski definition) is 4. The van der Waals surface area contributed by atoms with Crippen LogP contribution >= 0.6 is 11.6 Å². The molecule has 0 saturated carbocycles. The van der Waals surface area contributed by atoms with E-state index in [1.807, 2.05) is 26.0 Å². The minimum absolute atomic E-state index is 0.146. The quantitative estimate of drug-likeness (QED) is 0.406. The molecule has 7 nitrogen and oxygen atoms in total. The van der Waals surface area contributed by atoms with Crippen LogP contribution < -0.4 is 26.4 Å². The maximum absolute atomic E-state index is 14.2. The Morgan fingerprint density at radius 1 is 1.24 bits per heavy atom. The Kier molecular flexibility index (Phi) is 8.69. The summed E-state index contributed by atoms with van der Waals surface area (Å²) >= 11 is 5.89. The van der Waals surface area contributed by atoms with Crippen LogP contribution in [0.3, 0.4) is 0 Å². The van der Waals surface area contributed by atoms with Gasteiger partial charge in [-0.05, 0) is 43.7 Å². The molecule has 2 rings (SSSR count). The molecule has 5 N–H and O–H groups in total. The minimum atomic E-state index is -0.520. The van der Waals surface area contributed by atoms with Crippen LogP contribution in [-0.2, 0) is 6.54 Å². The molecule has 0 aliphatic carbocycles. The van der Waals surface area contributed by atoms with Crippen molar-refractivity contribution < 1.29 is 13.9 Å². The molecule has 0 fully saturated rings. The molecule has 0 aliphatic heterocycles. The predicted octanol–water partition coefficient (Wildman–Crippen LogP) is 3.49. The summed E-state index contributed by atoms with van der Waals surface area (Å²) < 4.78 is 19.6. The second-order valence-electron chi connectivity index (χ2n) is 6.40. The largest absolute Gasteiger partial charge is 0.488 e. The Labute approximate surface area is 174 Å². The summed E-state index contributed by atoms with van der Waals surface area (Å²) in [5, 5.41) is 8.73. The SMILES string of the molecule is CC(C)Oc1ccc(NC(=NCc2ccc(Cl)cc2)NC(=O)NCCN)cc1F. The summed E-state index contributed by atoms with van der Waals surface area (Å²) in [5.41, 5.74) is 6.69. The second-order valence-corrected chi connectivity index (χ2v) is 6.83. The van der Waals surface area contributed by atoms with Gasteiger partial charge in [0.1, 0.15) is 0 Å². The normalized spacial score (nSPS) is 11.3. The van der Waals surface area contributed by atoms with Gasteiger partial charge < -0.3 is 21.1 Å². The maximum atomic E-state index is 14.2. The molecule has 0 unspecified atom stereocenters. The first-order valence-electron chi connectivity index (χ1n) is 9.14. The van der Waals surface area contributed by atoms with E-state index in [1.54, 1.807) is 18.2 Å². The number of carbonyl (C=O) groups is 1. The van der Waals surface area contributed by atoms with Crippen LogP contribution in [0.25, 0.3) is 0 Å². The Morgan fingerprint density at radius 2 is 1.97 bits per heavy atom. The maximum Gasteiger partial charge on any atom is 0.321 e. The zero-order valence-corrected chi connectivity index (χ0v) is 17.1. The molecule has 2 amide bonds. The number of hydrogen-bond acceptors (Lipinski definition) is 4. The number of ether oxygens (including phenoxy) is 1. The van der Waals surface area contributed by atoms with E-state index in [0.717, 1.165) is 5.56 Å². The van der Waals surface area contributed by atoms with Gasteiger partial charge in [-0.2, -0.15) is 0 Å². The van der Waals surface area contributed by atoms with E-state index in [1.165, 1.54) is 12.1 Å². The fraction of sp³-hybridized carbons (Fsp3) is 0.300. The van der Waals surface area contributed by atoms with Crippen molar-refractivity contribution in [1.29, 1.82) is 0 Å². The third kappa shape index (κ3) is 7.97. The van der Waals surface area contributed by atoms with Gasteiger partial charge in [0.05, 0.1) is 12.6 Å². The van der Waals surface area contributed by atoms with E-state index < -0.39 is 11.8 Å². The first-order valence-corrected chi connectivity index (χ1v) is 9.52. The first kappa shape index (κ1) is 22.4. The number of nitrogens with two attached hydrogens (primary N) is 1. The van der Waals surface area contributed by atoms with E-state index in [-0.39, 0.29) is 24.4 Å². The molecule has 0 aromatic heterocycles. The van der Waals surface area contributed by atoms with E-state index in [0.29, 0.717) is 23.8 Å². The number of amides is 2. The van der Waals surface area contributed by atoms with E-state index in [9.17, 15) is 9.18 Å². The average Bonchev–Trinajstić information content (AvgIpc) is 2.67. The molecule has 9 heteroatoms. The second kappa shape index (κ2) is 11.2. The predicted molar refractivity (Wildman–Crippen MR) is 114 cm³/mol. The van der Waals surface area contributed by atoms with Crippen LogP contribution in [0.4, 0.5) is 14.9 Å². The molecule has 0 atom stereocenters. The van der Waals surface area contributed by atoms with Crippen molar-refractivity contribution in [2.45, 2.75) is 26.5 Å². The third-order valence-electron chi connectivity index (χ3n) is 3.55. The summed E-state index contributed by atoms with van der Waals surface area (Å²) in [6.07, 6.45) is -0.146. The molecule has 0 bridgehead atoms. The highest BCUT2D eigenvalue weighted by molar-refractivity contribution is 6.30. The van der Waals surface area contributed by atoms with Gasteiger partial charge in [0.15, 0.2) is 11.6 Å². The smallest absolute Gasteiger partial charge is 0.321 e. The highest BCUT2D eigenvalue weighted by atomic mass is 35.5. The zero-order chi connectivity index (χ0) is 21.2. The van der Waals surface area contributed by atoms with Crippen LogP contribution in [0.15, 0.2) is 47.5 Å². The monoisotopic (exact) mass is 421 g/mol. The third-order valence-corrected chi connectivity index (χ3v) is 3.80. The average molecular weight is 422 g/mol. The number of nitrogens with zero attached hydrogens (tertiary/aromatic N) is 1. The Balaban J connectivity index is 2.15. The molecule has 0 heterocycles. The van der Waals surface area contributed by atoms with Crippen LogP contribution in [-0.4, -0.2) is 31.2 Å². The number of anilines is 1. The van der Waals surface area contributed by atoms with Gasteiger partial charge in [-0.25, -0.2) is 14.2 Å². The zero-order valence-electron chi connectivity index (χ0n) is 16.3. The minimum Gasteiger partial charge on any atom is -0.488 e. The van der Waals surface area contributed by atoms with Gasteiger partial charge >= 0.3 is 6.03 Å². The number of guanidine groups is 1. The first-order chi connectivity index (χ1) is 13.9. The summed E-state index contributed by atoms with van der Waals surface area (Å²) in [7, 11) is 0. The van der Waals surface area contributed by atoms with Gasteiger partial charge in [-0.1, -0.05) is 23.7 Å². The van der Waals surface area contributed by atoms with Gasteiger partial charge in [-0.3, -0.25) is 5.32 Å². The summed E-state index contributed by atoms with van der Waals surface area (Å²) in [6, 6.07) is 11.1. The van der Waals surface area contributed by atoms with Crippen LogP contribution in [0, 0.1) is 5.82 Å². The van der Waals surface area contributed by atoms with E-state index in [2.05, 4.69) is 20.9 Å². The van der Waals surface area contributed by atoms with Crippen molar-refractivity contribution in [1.82, 2.24) is 10.6 Å². The topological polar surface area (TPSA) is 101 Å². The van der Waals surface area contributed by atoms with Crippen molar-refractivity contribution in [3.63, 3.8) is 0 Å². The fourth-order valence-electron chi connectivity index (χ4n) is 2.27. The Bertz CT molecular complexity index is 843. The fourth-order valence-corrected chi connectivity index (χ4v) is 2.40. The Hall–Kier alpha value is -2.84. The molecular formula is C20H25ClFN5O2. The summed E-state index contributed by atoms with van der Waals surface area (Å²) in [5.74, 6) is -0.210. The van der Waals surface area contributed by atoms with Crippen molar-refractivity contribution >= 4 is 29.3 Å². The highest BCUT2D eigenvalue weighted by Crippen LogP contribution is 2.22. The molecule has 0 radical (unpaired) electrons. The van der Waals surface area contributed by atoms with E-state index >= 15 is 0 Å². The van der Waals surface area contributed by atoms with Gasteiger partial charge in [-0.15, -0.1) is 0 Å². The highest BCUT2D eigenvalue weighted by Gasteiger charge is 2.10. The summed E-state index contributed by atoms with van der Waals surface area (Å²) in [6.45, 7) is 4.54.